The monoisotopic (exact) mass is 296 g/mol. The number of rotatable bonds is 5. The summed E-state index contributed by atoms with van der Waals surface area (Å²) in [6.45, 7) is 6.15. The molecule has 0 aliphatic carbocycles. The first-order valence-corrected chi connectivity index (χ1v) is 6.23. The van der Waals surface area contributed by atoms with E-state index in [1.54, 1.807) is 0 Å². The van der Waals surface area contributed by atoms with E-state index in [4.69, 9.17) is 5.73 Å². The van der Waals surface area contributed by atoms with Crippen molar-refractivity contribution in [1.29, 1.82) is 0 Å². The summed E-state index contributed by atoms with van der Waals surface area (Å²) in [6.07, 6.45) is 0.462. The lowest BCUT2D eigenvalue weighted by molar-refractivity contribution is -0.121. The lowest BCUT2D eigenvalue weighted by Crippen LogP contribution is -2.25. The highest BCUT2D eigenvalue weighted by Gasteiger charge is 2.10. The van der Waals surface area contributed by atoms with Crippen LogP contribution in [0, 0.1) is 0 Å². The zero-order valence-corrected chi connectivity index (χ0v) is 11.5. The van der Waals surface area contributed by atoms with Crippen LogP contribution in [-0.2, 0) is 4.79 Å². The number of carbonyl (C=O) groups excluding carboxylic acids is 1. The van der Waals surface area contributed by atoms with Gasteiger partial charge in [0, 0.05) is 23.1 Å². The summed E-state index contributed by atoms with van der Waals surface area (Å²) in [4.78, 5) is 11.6. The Morgan fingerprint density at radius 3 is 2.59 bits per heavy atom. The number of hydrogen-bond acceptors (Lipinski definition) is 2. The zero-order chi connectivity index (χ0) is 12.8. The lowest BCUT2D eigenvalue weighted by Gasteiger charge is -2.12. The van der Waals surface area contributed by atoms with Crippen LogP contribution in [0.1, 0.15) is 24.8 Å². The second-order valence-corrected chi connectivity index (χ2v) is 5.19. The second kappa shape index (κ2) is 6.45. The molecule has 0 aliphatic rings. The minimum Gasteiger partial charge on any atom is -0.399 e. The van der Waals surface area contributed by atoms with Crippen molar-refractivity contribution >= 4 is 27.5 Å². The maximum Gasteiger partial charge on any atom is 0.220 e. The molecule has 1 aromatic carbocycles. The predicted octanol–water partition coefficient (Wildman–Crippen LogP) is 2.79. The Kier molecular flexibility index (Phi) is 5.22. The number of nitrogens with one attached hydrogen (secondary N) is 1. The molecule has 3 N–H and O–H groups in total. The first-order chi connectivity index (χ1) is 7.99. The lowest BCUT2D eigenvalue weighted by atomic mass is 9.97. The molecule has 0 bridgehead atoms. The number of nitrogen functional groups attached to an aromatic ring is 1. The van der Waals surface area contributed by atoms with Gasteiger partial charge in [-0.1, -0.05) is 41.6 Å². The first kappa shape index (κ1) is 13.8. The fraction of sp³-hybridized carbons (Fsp3) is 0.308. The largest absolute Gasteiger partial charge is 0.399 e. The van der Waals surface area contributed by atoms with Gasteiger partial charge in [0.2, 0.25) is 5.91 Å². The summed E-state index contributed by atoms with van der Waals surface area (Å²) in [5, 5.41) is 2.78. The third kappa shape index (κ3) is 5.04. The Balaban J connectivity index is 2.48. The molecule has 1 atom stereocenters. The normalized spacial score (nSPS) is 11.9. The van der Waals surface area contributed by atoms with E-state index in [0.717, 1.165) is 15.7 Å². The van der Waals surface area contributed by atoms with Crippen molar-refractivity contribution in [2.45, 2.75) is 19.3 Å². The molecule has 3 nitrogen and oxygen atoms in total. The molecule has 92 valence electrons. The number of amides is 1. The van der Waals surface area contributed by atoms with Crippen molar-refractivity contribution in [3.8, 4) is 0 Å². The summed E-state index contributed by atoms with van der Waals surface area (Å²) >= 11 is 3.20. The second-order valence-electron chi connectivity index (χ2n) is 4.07. The average molecular weight is 297 g/mol. The van der Waals surface area contributed by atoms with Crippen LogP contribution in [0.5, 0.6) is 0 Å². The molecule has 0 saturated carbocycles. The standard InChI is InChI=1S/C13H17BrN2O/c1-9(7-13(17)16-8-10(2)14)11-3-5-12(15)6-4-11/h3-6,9H,2,7-8,15H2,1H3,(H,16,17). The van der Waals surface area contributed by atoms with Gasteiger partial charge in [0.15, 0.2) is 0 Å². The summed E-state index contributed by atoms with van der Waals surface area (Å²) < 4.78 is 0.769. The number of halogens is 1. The van der Waals surface area contributed by atoms with Crippen LogP contribution in [0.4, 0.5) is 5.69 Å². The highest BCUT2D eigenvalue weighted by molar-refractivity contribution is 9.11. The average Bonchev–Trinajstić information content (AvgIpc) is 2.27. The van der Waals surface area contributed by atoms with Crippen LogP contribution >= 0.6 is 15.9 Å². The Morgan fingerprint density at radius 1 is 1.47 bits per heavy atom. The predicted molar refractivity (Wildman–Crippen MR) is 75.0 cm³/mol. The molecule has 1 rings (SSSR count). The van der Waals surface area contributed by atoms with Crippen molar-refractivity contribution in [3.05, 3.63) is 40.9 Å². The number of anilines is 1. The van der Waals surface area contributed by atoms with Gasteiger partial charge in [-0.15, -0.1) is 0 Å². The summed E-state index contributed by atoms with van der Waals surface area (Å²) in [5.74, 6) is 0.203. The van der Waals surface area contributed by atoms with Crippen LogP contribution in [0.2, 0.25) is 0 Å². The fourth-order valence-corrected chi connectivity index (χ4v) is 1.63. The molecular formula is C13H17BrN2O. The van der Waals surface area contributed by atoms with Crippen molar-refractivity contribution < 1.29 is 4.79 Å². The topological polar surface area (TPSA) is 55.1 Å². The smallest absolute Gasteiger partial charge is 0.220 e. The van der Waals surface area contributed by atoms with Crippen molar-refractivity contribution in [2.24, 2.45) is 0 Å². The summed E-state index contributed by atoms with van der Waals surface area (Å²) in [6, 6.07) is 7.61. The minimum absolute atomic E-state index is 0.0231. The first-order valence-electron chi connectivity index (χ1n) is 5.44. The molecule has 0 fully saturated rings. The quantitative estimate of drug-likeness (QED) is 0.821. The molecule has 0 saturated heterocycles. The summed E-state index contributed by atoms with van der Waals surface area (Å²) in [5.41, 5.74) is 7.47. The Labute approximate surface area is 110 Å². The molecule has 0 radical (unpaired) electrons. The van der Waals surface area contributed by atoms with Crippen LogP contribution < -0.4 is 11.1 Å². The van der Waals surface area contributed by atoms with Gasteiger partial charge in [-0.2, -0.15) is 0 Å². The molecule has 0 aromatic heterocycles. The van der Waals surface area contributed by atoms with Gasteiger partial charge in [0.05, 0.1) is 0 Å². The number of benzene rings is 1. The molecule has 0 heterocycles. The molecular weight excluding hydrogens is 280 g/mol. The van der Waals surface area contributed by atoms with E-state index in [1.807, 2.05) is 31.2 Å². The highest BCUT2D eigenvalue weighted by Crippen LogP contribution is 2.19. The summed E-state index contributed by atoms with van der Waals surface area (Å²) in [7, 11) is 0. The SMILES string of the molecule is C=C(Br)CNC(=O)CC(C)c1ccc(N)cc1. The Morgan fingerprint density at radius 2 is 2.06 bits per heavy atom. The van der Waals surface area contributed by atoms with Gasteiger partial charge in [-0.3, -0.25) is 4.79 Å². The third-order valence-corrected chi connectivity index (χ3v) is 2.75. The van der Waals surface area contributed by atoms with E-state index in [-0.39, 0.29) is 11.8 Å². The zero-order valence-electron chi connectivity index (χ0n) is 9.87. The van der Waals surface area contributed by atoms with Gasteiger partial charge in [-0.25, -0.2) is 0 Å². The Hall–Kier alpha value is -1.29. The number of carbonyl (C=O) groups is 1. The Bertz CT molecular complexity index is 400. The van der Waals surface area contributed by atoms with E-state index in [9.17, 15) is 4.79 Å². The van der Waals surface area contributed by atoms with Crippen molar-refractivity contribution in [1.82, 2.24) is 5.32 Å². The minimum atomic E-state index is 0.0231. The third-order valence-electron chi connectivity index (χ3n) is 2.47. The van der Waals surface area contributed by atoms with E-state index in [0.29, 0.717) is 13.0 Å². The molecule has 4 heteroatoms. The van der Waals surface area contributed by atoms with E-state index >= 15 is 0 Å². The molecule has 1 unspecified atom stereocenters. The molecule has 17 heavy (non-hydrogen) atoms. The van der Waals surface area contributed by atoms with Gasteiger partial charge in [0.25, 0.3) is 0 Å². The maximum absolute atomic E-state index is 11.6. The van der Waals surface area contributed by atoms with Crippen LogP contribution in [0.3, 0.4) is 0 Å². The van der Waals surface area contributed by atoms with Gasteiger partial charge < -0.3 is 11.1 Å². The highest BCUT2D eigenvalue weighted by atomic mass is 79.9. The molecule has 0 aliphatic heterocycles. The van der Waals surface area contributed by atoms with Crippen molar-refractivity contribution in [3.63, 3.8) is 0 Å². The van der Waals surface area contributed by atoms with E-state index < -0.39 is 0 Å². The van der Waals surface area contributed by atoms with Crippen molar-refractivity contribution in [2.75, 3.05) is 12.3 Å². The molecule has 0 spiro atoms. The number of nitrogens with two attached hydrogens (primary N) is 1. The fourth-order valence-electron chi connectivity index (χ4n) is 1.49. The molecule has 1 amide bonds. The van der Waals surface area contributed by atoms with E-state index in [2.05, 4.69) is 27.8 Å². The number of hydrogen-bond donors (Lipinski definition) is 2. The van der Waals surface area contributed by atoms with E-state index in [1.165, 1.54) is 0 Å². The maximum atomic E-state index is 11.6. The van der Waals surface area contributed by atoms with Crippen LogP contribution in [0.15, 0.2) is 35.3 Å². The van der Waals surface area contributed by atoms with Gasteiger partial charge in [0.1, 0.15) is 0 Å². The van der Waals surface area contributed by atoms with Crippen LogP contribution in [-0.4, -0.2) is 12.5 Å². The van der Waals surface area contributed by atoms with Gasteiger partial charge >= 0.3 is 0 Å². The molecule has 1 aromatic rings. The van der Waals surface area contributed by atoms with Crippen LogP contribution in [0.25, 0.3) is 0 Å². The van der Waals surface area contributed by atoms with Gasteiger partial charge in [-0.05, 0) is 23.6 Å².